The molecule has 0 aliphatic carbocycles. The summed E-state index contributed by atoms with van der Waals surface area (Å²) in [7, 11) is 0. The number of fused-ring (bicyclic) bond motifs is 1. The van der Waals surface area contributed by atoms with Gasteiger partial charge in [-0.1, -0.05) is 17.7 Å². The minimum atomic E-state index is -0.270. The highest BCUT2D eigenvalue weighted by atomic mass is 35.5. The van der Waals surface area contributed by atoms with E-state index in [9.17, 15) is 9.18 Å². The maximum absolute atomic E-state index is 13.3. The van der Waals surface area contributed by atoms with Gasteiger partial charge in [-0.15, -0.1) is 11.3 Å². The predicted molar refractivity (Wildman–Crippen MR) is 146 cm³/mol. The monoisotopic (exact) mass is 541 g/mol. The zero-order valence-corrected chi connectivity index (χ0v) is 22.2. The first kappa shape index (κ1) is 25.7. The third-order valence-electron chi connectivity index (χ3n) is 6.56. The van der Waals surface area contributed by atoms with E-state index >= 15 is 0 Å². The van der Waals surface area contributed by atoms with E-state index in [0.717, 1.165) is 60.3 Å². The average Bonchev–Trinajstić information content (AvgIpc) is 3.49. The van der Waals surface area contributed by atoms with Gasteiger partial charge in [0.1, 0.15) is 5.82 Å². The number of halogens is 2. The van der Waals surface area contributed by atoms with E-state index in [1.807, 2.05) is 30.2 Å². The number of carbonyl (C=O) groups is 1. The van der Waals surface area contributed by atoms with Crippen molar-refractivity contribution in [2.24, 2.45) is 0 Å². The van der Waals surface area contributed by atoms with E-state index in [2.05, 4.69) is 20.0 Å². The van der Waals surface area contributed by atoms with E-state index < -0.39 is 0 Å². The largest absolute Gasteiger partial charge is 0.379 e. The van der Waals surface area contributed by atoms with Crippen LogP contribution in [-0.4, -0.2) is 71.2 Å². The van der Waals surface area contributed by atoms with Gasteiger partial charge in [0.2, 0.25) is 0 Å². The summed E-state index contributed by atoms with van der Waals surface area (Å²) in [6.45, 7) is 7.04. The van der Waals surface area contributed by atoms with Crippen LogP contribution < -0.4 is 5.32 Å². The second kappa shape index (κ2) is 11.6. The molecule has 1 aliphatic heterocycles. The molecule has 0 radical (unpaired) electrons. The number of rotatable bonds is 8. The fraction of sp³-hybridized carbons (Fsp3) is 0.333. The Morgan fingerprint density at radius 2 is 1.97 bits per heavy atom. The minimum Gasteiger partial charge on any atom is -0.379 e. The van der Waals surface area contributed by atoms with Crippen LogP contribution in [0.2, 0.25) is 5.02 Å². The molecule has 0 atom stereocenters. The predicted octanol–water partition coefficient (Wildman–Crippen LogP) is 5.57. The number of amides is 2. The quantitative estimate of drug-likeness (QED) is 0.317. The Kier molecular flexibility index (Phi) is 8.05. The van der Waals surface area contributed by atoms with E-state index in [1.54, 1.807) is 29.5 Å². The lowest BCUT2D eigenvalue weighted by atomic mass is 10.2. The molecular formula is C27H29ClFN5O2S. The summed E-state index contributed by atoms with van der Waals surface area (Å²) in [4.78, 5) is 23.0. The summed E-state index contributed by atoms with van der Waals surface area (Å²) >= 11 is 7.82. The molecule has 2 amide bonds. The van der Waals surface area contributed by atoms with Crippen LogP contribution in [0, 0.1) is 12.7 Å². The summed E-state index contributed by atoms with van der Waals surface area (Å²) in [5, 5.41) is 5.71. The summed E-state index contributed by atoms with van der Waals surface area (Å²) < 4.78 is 20.8. The third-order valence-corrected chi connectivity index (χ3v) is 7.86. The SMILES string of the molecule is Cc1ccc(NC(=O)N(CCc2csc3nc(-c4ccc(F)cc4)cn23)CCN2CCOCC2)cc1Cl. The third kappa shape index (κ3) is 6.30. The Labute approximate surface area is 224 Å². The topological polar surface area (TPSA) is 62.1 Å². The standard InChI is InChI=1S/C27H29ClFN5O2S/c1-19-2-7-22(16-24(19)28)30-26(35)33(11-10-32-12-14-36-15-13-32)9-8-23-18-37-27-31-25(17-34(23)27)20-3-5-21(29)6-4-20/h2-7,16-18H,8-15H2,1H3,(H,30,35). The molecule has 7 nitrogen and oxygen atoms in total. The van der Waals surface area contributed by atoms with Gasteiger partial charge in [-0.25, -0.2) is 14.2 Å². The average molecular weight is 542 g/mol. The van der Waals surface area contributed by atoms with E-state index in [1.165, 1.54) is 12.1 Å². The van der Waals surface area contributed by atoms with E-state index in [-0.39, 0.29) is 11.8 Å². The van der Waals surface area contributed by atoms with Gasteiger partial charge in [-0.2, -0.15) is 0 Å². The number of nitrogens with zero attached hydrogens (tertiary/aromatic N) is 4. The number of benzene rings is 2. The number of thiazole rings is 1. The molecule has 1 fully saturated rings. The van der Waals surface area contributed by atoms with Gasteiger partial charge in [0.05, 0.1) is 18.9 Å². The van der Waals surface area contributed by atoms with Crippen LogP contribution in [-0.2, 0) is 11.2 Å². The van der Waals surface area contributed by atoms with Crippen molar-refractivity contribution in [3.8, 4) is 11.3 Å². The number of aryl methyl sites for hydroxylation is 1. The van der Waals surface area contributed by atoms with E-state index in [0.29, 0.717) is 30.2 Å². The van der Waals surface area contributed by atoms with Crippen LogP contribution in [0.4, 0.5) is 14.9 Å². The molecule has 194 valence electrons. The van der Waals surface area contributed by atoms with Crippen molar-refractivity contribution in [1.82, 2.24) is 19.2 Å². The van der Waals surface area contributed by atoms with Gasteiger partial charge in [0.25, 0.3) is 0 Å². The molecular weight excluding hydrogens is 513 g/mol. The van der Waals surface area contributed by atoms with Crippen LogP contribution in [0.25, 0.3) is 16.2 Å². The molecule has 0 unspecified atom stereocenters. The summed E-state index contributed by atoms with van der Waals surface area (Å²) in [5.41, 5.74) is 4.38. The molecule has 10 heteroatoms. The number of carbonyl (C=O) groups excluding carboxylic acids is 1. The van der Waals surface area contributed by atoms with Gasteiger partial charge in [0.15, 0.2) is 4.96 Å². The number of ether oxygens (including phenoxy) is 1. The zero-order valence-electron chi connectivity index (χ0n) is 20.6. The number of hydrogen-bond acceptors (Lipinski definition) is 5. The van der Waals surface area contributed by atoms with Gasteiger partial charge in [-0.05, 0) is 48.9 Å². The molecule has 4 aromatic rings. The number of morpholine rings is 1. The van der Waals surface area contributed by atoms with E-state index in [4.69, 9.17) is 21.3 Å². The fourth-order valence-electron chi connectivity index (χ4n) is 4.29. The Bertz CT molecular complexity index is 1370. The molecule has 1 saturated heterocycles. The van der Waals surface area contributed by atoms with Crippen molar-refractivity contribution >= 4 is 39.6 Å². The molecule has 37 heavy (non-hydrogen) atoms. The zero-order chi connectivity index (χ0) is 25.8. The first-order chi connectivity index (χ1) is 18.0. The second-order valence-electron chi connectivity index (χ2n) is 9.10. The minimum absolute atomic E-state index is 0.155. The Hall–Kier alpha value is -2.98. The number of imidazole rings is 1. The van der Waals surface area contributed by atoms with Gasteiger partial charge < -0.3 is 15.0 Å². The van der Waals surface area contributed by atoms with Crippen molar-refractivity contribution in [1.29, 1.82) is 0 Å². The smallest absolute Gasteiger partial charge is 0.321 e. The Morgan fingerprint density at radius 3 is 2.73 bits per heavy atom. The van der Waals surface area contributed by atoms with Crippen LogP contribution in [0.15, 0.2) is 54.0 Å². The number of aromatic nitrogens is 2. The Morgan fingerprint density at radius 1 is 1.19 bits per heavy atom. The van der Waals surface area contributed by atoms with Crippen LogP contribution in [0.5, 0.6) is 0 Å². The number of nitrogens with one attached hydrogen (secondary N) is 1. The summed E-state index contributed by atoms with van der Waals surface area (Å²) in [6, 6.07) is 11.7. The number of anilines is 1. The second-order valence-corrected chi connectivity index (χ2v) is 10.3. The Balaban J connectivity index is 1.30. The highest BCUT2D eigenvalue weighted by Gasteiger charge is 2.19. The van der Waals surface area contributed by atoms with Crippen molar-refractivity contribution in [2.75, 3.05) is 51.3 Å². The number of hydrogen-bond donors (Lipinski definition) is 1. The van der Waals surface area contributed by atoms with Crippen molar-refractivity contribution < 1.29 is 13.9 Å². The molecule has 1 aliphatic rings. The van der Waals surface area contributed by atoms with Crippen LogP contribution in [0.3, 0.4) is 0 Å². The molecule has 0 saturated carbocycles. The molecule has 3 heterocycles. The summed E-state index contributed by atoms with van der Waals surface area (Å²) in [5.74, 6) is -0.270. The molecule has 2 aromatic heterocycles. The first-order valence-electron chi connectivity index (χ1n) is 12.3. The van der Waals surface area contributed by atoms with Crippen molar-refractivity contribution in [2.45, 2.75) is 13.3 Å². The van der Waals surface area contributed by atoms with Gasteiger partial charge in [-0.3, -0.25) is 9.30 Å². The fourth-order valence-corrected chi connectivity index (χ4v) is 5.38. The lowest BCUT2D eigenvalue weighted by molar-refractivity contribution is 0.0352. The normalized spacial score (nSPS) is 14.2. The maximum atomic E-state index is 13.3. The molecule has 0 spiro atoms. The maximum Gasteiger partial charge on any atom is 0.321 e. The lowest BCUT2D eigenvalue weighted by Crippen LogP contribution is -2.45. The van der Waals surface area contributed by atoms with Crippen molar-refractivity contribution in [3.05, 3.63) is 76.1 Å². The van der Waals surface area contributed by atoms with Crippen LogP contribution in [0.1, 0.15) is 11.3 Å². The van der Waals surface area contributed by atoms with Crippen LogP contribution >= 0.6 is 22.9 Å². The lowest BCUT2D eigenvalue weighted by Gasteiger charge is -2.30. The summed E-state index contributed by atoms with van der Waals surface area (Å²) in [6.07, 6.45) is 2.64. The van der Waals surface area contributed by atoms with Gasteiger partial charge >= 0.3 is 6.03 Å². The van der Waals surface area contributed by atoms with Gasteiger partial charge in [0, 0.05) is 72.7 Å². The molecule has 1 N–H and O–H groups in total. The molecule has 5 rings (SSSR count). The van der Waals surface area contributed by atoms with Crippen molar-refractivity contribution in [3.63, 3.8) is 0 Å². The highest BCUT2D eigenvalue weighted by molar-refractivity contribution is 7.15. The molecule has 2 aromatic carbocycles. The first-order valence-corrected chi connectivity index (χ1v) is 13.6. The number of urea groups is 1. The molecule has 0 bridgehead atoms. The highest BCUT2D eigenvalue weighted by Crippen LogP contribution is 2.25.